The Balaban J connectivity index is 2.18. The molecule has 2 rings (SSSR count). The van der Waals surface area contributed by atoms with Crippen LogP contribution in [0.2, 0.25) is 0 Å². The number of rotatable bonds is 5. The Labute approximate surface area is 114 Å². The highest BCUT2D eigenvalue weighted by Gasteiger charge is 2.30. The van der Waals surface area contributed by atoms with Gasteiger partial charge in [-0.3, -0.25) is 0 Å². The molecule has 1 unspecified atom stereocenters. The monoisotopic (exact) mass is 284 g/mol. The number of benzene rings is 1. The highest BCUT2D eigenvalue weighted by Crippen LogP contribution is 2.21. The molecule has 0 radical (unpaired) electrons. The van der Waals surface area contributed by atoms with Gasteiger partial charge in [-0.25, -0.2) is 8.42 Å². The Bertz CT molecular complexity index is 507. The molecule has 1 aromatic rings. The van der Waals surface area contributed by atoms with Crippen LogP contribution in [0.1, 0.15) is 12.0 Å². The van der Waals surface area contributed by atoms with Crippen LogP contribution in [0.4, 0.5) is 0 Å². The summed E-state index contributed by atoms with van der Waals surface area (Å²) in [5, 5.41) is 3.03. The molecule has 5 nitrogen and oxygen atoms in total. The molecular weight excluding hydrogens is 264 g/mol. The van der Waals surface area contributed by atoms with Gasteiger partial charge in [-0.1, -0.05) is 12.1 Å². The van der Waals surface area contributed by atoms with E-state index in [9.17, 15) is 8.42 Å². The highest BCUT2D eigenvalue weighted by molar-refractivity contribution is 7.89. The van der Waals surface area contributed by atoms with Crippen molar-refractivity contribution in [3.8, 4) is 0 Å². The third-order valence-electron chi connectivity index (χ3n) is 3.40. The summed E-state index contributed by atoms with van der Waals surface area (Å²) in [5.41, 5.74) is 1.06. The van der Waals surface area contributed by atoms with Crippen LogP contribution in [0.3, 0.4) is 0 Å². The van der Waals surface area contributed by atoms with Gasteiger partial charge in [0.05, 0.1) is 17.5 Å². The Morgan fingerprint density at radius 1 is 1.37 bits per heavy atom. The van der Waals surface area contributed by atoms with Crippen LogP contribution < -0.4 is 5.32 Å². The number of hydrogen-bond acceptors (Lipinski definition) is 4. The van der Waals surface area contributed by atoms with E-state index in [1.807, 2.05) is 19.2 Å². The average molecular weight is 284 g/mol. The molecule has 0 aliphatic carbocycles. The van der Waals surface area contributed by atoms with E-state index in [0.717, 1.165) is 18.5 Å². The van der Waals surface area contributed by atoms with Gasteiger partial charge in [-0.2, -0.15) is 4.31 Å². The maximum atomic E-state index is 12.4. The van der Waals surface area contributed by atoms with Gasteiger partial charge in [0.25, 0.3) is 0 Å². The lowest BCUT2D eigenvalue weighted by molar-refractivity contribution is 0.181. The zero-order chi connectivity index (χ0) is 13.9. The van der Waals surface area contributed by atoms with Crippen LogP contribution in [-0.4, -0.2) is 46.1 Å². The van der Waals surface area contributed by atoms with Crippen molar-refractivity contribution in [3.05, 3.63) is 29.8 Å². The molecule has 1 fully saturated rings. The maximum absolute atomic E-state index is 12.4. The quantitative estimate of drug-likeness (QED) is 0.869. The first-order chi connectivity index (χ1) is 9.05. The van der Waals surface area contributed by atoms with Crippen LogP contribution in [0.15, 0.2) is 29.2 Å². The van der Waals surface area contributed by atoms with Gasteiger partial charge >= 0.3 is 0 Å². The fourth-order valence-electron chi connectivity index (χ4n) is 2.15. The summed E-state index contributed by atoms with van der Waals surface area (Å²) < 4.78 is 31.6. The lowest BCUT2D eigenvalue weighted by Gasteiger charge is -2.22. The molecule has 0 aromatic heterocycles. The van der Waals surface area contributed by atoms with Crippen LogP contribution in [0.25, 0.3) is 0 Å². The minimum atomic E-state index is -3.42. The molecule has 0 saturated carbocycles. The lowest BCUT2D eigenvalue weighted by Crippen LogP contribution is -2.37. The van der Waals surface area contributed by atoms with Crippen LogP contribution in [-0.2, 0) is 21.3 Å². The van der Waals surface area contributed by atoms with Gasteiger partial charge in [-0.15, -0.1) is 0 Å². The Morgan fingerprint density at radius 3 is 2.58 bits per heavy atom. The van der Waals surface area contributed by atoms with Crippen molar-refractivity contribution in [1.29, 1.82) is 0 Å². The third kappa shape index (κ3) is 3.14. The van der Waals surface area contributed by atoms with Crippen molar-refractivity contribution in [2.45, 2.75) is 23.9 Å². The third-order valence-corrected chi connectivity index (χ3v) is 5.33. The first-order valence-corrected chi connectivity index (χ1v) is 7.79. The largest absolute Gasteiger partial charge is 0.380 e. The van der Waals surface area contributed by atoms with Gasteiger partial charge in [-0.05, 0) is 31.2 Å². The summed E-state index contributed by atoms with van der Waals surface area (Å²) >= 11 is 0. The standard InChI is InChI=1S/C13H20N2O3S/c1-14-9-11-3-5-13(6-4-11)19(16,17)15(2)12-7-8-18-10-12/h3-6,12,14H,7-10H2,1-2H3. The zero-order valence-corrected chi connectivity index (χ0v) is 12.1. The Hall–Kier alpha value is -0.950. The van der Waals surface area contributed by atoms with Gasteiger partial charge in [0, 0.05) is 20.2 Å². The predicted octanol–water partition coefficient (Wildman–Crippen LogP) is 0.815. The van der Waals surface area contributed by atoms with E-state index >= 15 is 0 Å². The smallest absolute Gasteiger partial charge is 0.243 e. The second kappa shape index (κ2) is 6.00. The molecule has 1 atom stereocenters. The molecule has 1 saturated heterocycles. The van der Waals surface area contributed by atoms with E-state index in [1.165, 1.54) is 4.31 Å². The minimum Gasteiger partial charge on any atom is -0.380 e. The minimum absolute atomic E-state index is 0.0537. The van der Waals surface area contributed by atoms with Crippen LogP contribution >= 0.6 is 0 Å². The van der Waals surface area contributed by atoms with Crippen molar-refractivity contribution < 1.29 is 13.2 Å². The van der Waals surface area contributed by atoms with E-state index in [1.54, 1.807) is 19.2 Å². The second-order valence-corrected chi connectivity index (χ2v) is 6.71. The second-order valence-electron chi connectivity index (χ2n) is 4.71. The number of nitrogens with zero attached hydrogens (tertiary/aromatic N) is 1. The first-order valence-electron chi connectivity index (χ1n) is 6.35. The number of ether oxygens (including phenoxy) is 1. The fraction of sp³-hybridized carbons (Fsp3) is 0.538. The normalized spacial score (nSPS) is 20.1. The van der Waals surface area contributed by atoms with E-state index in [0.29, 0.717) is 18.1 Å². The summed E-state index contributed by atoms with van der Waals surface area (Å²) in [6.45, 7) is 1.84. The molecule has 1 aromatic carbocycles. The van der Waals surface area contributed by atoms with Crippen molar-refractivity contribution in [1.82, 2.24) is 9.62 Å². The van der Waals surface area contributed by atoms with E-state index in [2.05, 4.69) is 5.32 Å². The SMILES string of the molecule is CNCc1ccc(S(=O)(=O)N(C)C2CCOC2)cc1. The molecule has 0 spiro atoms. The van der Waals surface area contributed by atoms with Gasteiger partial charge in [0.15, 0.2) is 0 Å². The van der Waals surface area contributed by atoms with E-state index in [4.69, 9.17) is 4.74 Å². The Kier molecular flexibility index (Phi) is 4.57. The molecule has 0 amide bonds. The molecule has 106 valence electrons. The van der Waals surface area contributed by atoms with Gasteiger partial charge in [0.1, 0.15) is 0 Å². The predicted molar refractivity (Wildman–Crippen MR) is 73.4 cm³/mol. The van der Waals surface area contributed by atoms with Crippen molar-refractivity contribution >= 4 is 10.0 Å². The molecule has 1 aliphatic heterocycles. The van der Waals surface area contributed by atoms with Gasteiger partial charge in [0.2, 0.25) is 10.0 Å². The molecule has 0 bridgehead atoms. The number of likely N-dealkylation sites (N-methyl/N-ethyl adjacent to an activating group) is 1. The van der Waals surface area contributed by atoms with Crippen molar-refractivity contribution in [3.63, 3.8) is 0 Å². The summed E-state index contributed by atoms with van der Waals surface area (Å²) in [7, 11) is 0.0597. The van der Waals surface area contributed by atoms with E-state index < -0.39 is 10.0 Å². The average Bonchev–Trinajstić information content (AvgIpc) is 2.92. The summed E-state index contributed by atoms with van der Waals surface area (Å²) in [6.07, 6.45) is 0.758. The van der Waals surface area contributed by atoms with E-state index in [-0.39, 0.29) is 6.04 Å². The fourth-order valence-corrected chi connectivity index (χ4v) is 3.53. The van der Waals surface area contributed by atoms with Crippen LogP contribution in [0, 0.1) is 0 Å². The van der Waals surface area contributed by atoms with Crippen LogP contribution in [0.5, 0.6) is 0 Å². The summed E-state index contributed by atoms with van der Waals surface area (Å²) in [6, 6.07) is 6.94. The number of hydrogen-bond donors (Lipinski definition) is 1. The summed E-state index contributed by atoms with van der Waals surface area (Å²) in [5.74, 6) is 0. The molecule has 19 heavy (non-hydrogen) atoms. The number of nitrogens with one attached hydrogen (secondary N) is 1. The molecule has 1 heterocycles. The highest BCUT2D eigenvalue weighted by atomic mass is 32.2. The molecule has 6 heteroatoms. The van der Waals surface area contributed by atoms with Crippen molar-refractivity contribution in [2.24, 2.45) is 0 Å². The molecule has 1 aliphatic rings. The first kappa shape index (κ1) is 14.5. The van der Waals surface area contributed by atoms with Crippen molar-refractivity contribution in [2.75, 3.05) is 27.3 Å². The Morgan fingerprint density at radius 2 is 2.05 bits per heavy atom. The topological polar surface area (TPSA) is 58.6 Å². The number of sulfonamides is 1. The van der Waals surface area contributed by atoms with Gasteiger partial charge < -0.3 is 10.1 Å². The molecular formula is C13H20N2O3S. The molecule has 1 N–H and O–H groups in total. The zero-order valence-electron chi connectivity index (χ0n) is 11.3. The summed E-state index contributed by atoms with van der Waals surface area (Å²) in [4.78, 5) is 0.335. The maximum Gasteiger partial charge on any atom is 0.243 e. The lowest BCUT2D eigenvalue weighted by atomic mass is 10.2.